The molecule has 1 atom stereocenters. The molecule has 120 valence electrons. The maximum atomic E-state index is 11.9. The zero-order valence-electron chi connectivity index (χ0n) is 12.5. The third kappa shape index (κ3) is 4.52. The van der Waals surface area contributed by atoms with Crippen molar-refractivity contribution in [1.82, 2.24) is 5.32 Å². The van der Waals surface area contributed by atoms with E-state index in [-0.39, 0.29) is 12.2 Å². The van der Waals surface area contributed by atoms with Crippen LogP contribution in [0.3, 0.4) is 0 Å². The molecule has 2 aromatic carbocycles. The van der Waals surface area contributed by atoms with Crippen LogP contribution in [0.15, 0.2) is 48.5 Å². The lowest BCUT2D eigenvalue weighted by Gasteiger charge is -2.13. The van der Waals surface area contributed by atoms with Gasteiger partial charge in [0.05, 0.1) is 11.0 Å². The lowest BCUT2D eigenvalue weighted by Crippen LogP contribution is -2.32. The number of amides is 2. The Kier molecular flexibility index (Phi) is 5.27. The first kappa shape index (κ1) is 16.4. The maximum absolute atomic E-state index is 11.9. The quantitative estimate of drug-likeness (QED) is 0.583. The molecule has 0 spiro atoms. The number of anilines is 1. The fourth-order valence-electron chi connectivity index (χ4n) is 2.05. The number of hydrogen-bond acceptors (Lipinski definition) is 4. The Labute approximate surface area is 133 Å². The topological polar surface area (TPSA) is 105 Å². The van der Waals surface area contributed by atoms with E-state index < -0.39 is 17.1 Å². The highest BCUT2D eigenvalue weighted by Gasteiger charge is 2.12. The lowest BCUT2D eigenvalue weighted by atomic mass is 10.1. The number of hydrogen-bond donors (Lipinski definition) is 3. The van der Waals surface area contributed by atoms with Crippen LogP contribution in [0.4, 0.5) is 16.2 Å². The summed E-state index contributed by atoms with van der Waals surface area (Å²) in [4.78, 5) is 22.0. The molecular formula is C16H17N3O4. The molecule has 2 amide bonds. The average Bonchev–Trinajstić information content (AvgIpc) is 2.55. The van der Waals surface area contributed by atoms with Gasteiger partial charge < -0.3 is 15.7 Å². The lowest BCUT2D eigenvalue weighted by molar-refractivity contribution is -0.384. The fraction of sp³-hybridized carbons (Fsp3) is 0.188. The Bertz CT molecular complexity index is 704. The van der Waals surface area contributed by atoms with Crippen LogP contribution < -0.4 is 10.6 Å². The number of benzene rings is 2. The molecule has 0 saturated heterocycles. The van der Waals surface area contributed by atoms with Gasteiger partial charge in [0, 0.05) is 24.4 Å². The first-order valence-electron chi connectivity index (χ1n) is 7.00. The van der Waals surface area contributed by atoms with Crippen LogP contribution in [0.1, 0.15) is 17.2 Å². The number of non-ortho nitro benzene ring substituents is 1. The predicted molar refractivity (Wildman–Crippen MR) is 86.3 cm³/mol. The van der Waals surface area contributed by atoms with E-state index in [0.29, 0.717) is 16.8 Å². The van der Waals surface area contributed by atoms with Crippen molar-refractivity contribution < 1.29 is 14.8 Å². The molecule has 0 fully saturated rings. The highest BCUT2D eigenvalue weighted by Crippen LogP contribution is 2.21. The molecule has 0 saturated carbocycles. The van der Waals surface area contributed by atoms with Crippen molar-refractivity contribution in [3.8, 4) is 0 Å². The first-order valence-corrected chi connectivity index (χ1v) is 7.00. The van der Waals surface area contributed by atoms with E-state index >= 15 is 0 Å². The molecule has 2 rings (SSSR count). The second kappa shape index (κ2) is 7.37. The average molecular weight is 315 g/mol. The molecule has 0 unspecified atom stereocenters. The molecule has 0 radical (unpaired) electrons. The number of aliphatic hydroxyl groups excluding tert-OH is 1. The van der Waals surface area contributed by atoms with Gasteiger partial charge in [0.15, 0.2) is 0 Å². The van der Waals surface area contributed by atoms with Crippen molar-refractivity contribution >= 4 is 17.4 Å². The van der Waals surface area contributed by atoms with Crippen molar-refractivity contribution in [3.05, 3.63) is 69.8 Å². The summed E-state index contributed by atoms with van der Waals surface area (Å²) in [6, 6.07) is 12.7. The van der Waals surface area contributed by atoms with Gasteiger partial charge in [-0.15, -0.1) is 0 Å². The third-order valence-electron chi connectivity index (χ3n) is 3.31. The molecule has 0 heterocycles. The standard InChI is InChI=1S/C16H17N3O4/c1-11-9-13(19(22)23)7-8-14(11)18-16(21)17-10-15(20)12-5-3-2-4-6-12/h2-9,15,20H,10H2,1H3,(H2,17,18,21)/t15-/m1/s1. The van der Waals surface area contributed by atoms with Gasteiger partial charge in [0.1, 0.15) is 0 Å². The van der Waals surface area contributed by atoms with E-state index in [4.69, 9.17) is 0 Å². The second-order valence-corrected chi connectivity index (χ2v) is 5.02. The summed E-state index contributed by atoms with van der Waals surface area (Å²) in [5.74, 6) is 0. The van der Waals surface area contributed by atoms with Crippen LogP contribution in [0.2, 0.25) is 0 Å². The van der Waals surface area contributed by atoms with Gasteiger partial charge in [0.25, 0.3) is 5.69 Å². The Balaban J connectivity index is 1.91. The summed E-state index contributed by atoms with van der Waals surface area (Å²) in [5, 5.41) is 25.8. The van der Waals surface area contributed by atoms with Gasteiger partial charge in [-0.3, -0.25) is 10.1 Å². The molecule has 2 aromatic rings. The molecule has 0 aliphatic rings. The summed E-state index contributed by atoms with van der Waals surface area (Å²) >= 11 is 0. The molecular weight excluding hydrogens is 298 g/mol. The zero-order valence-corrected chi connectivity index (χ0v) is 12.5. The normalized spacial score (nSPS) is 11.6. The SMILES string of the molecule is Cc1cc([N+](=O)[O-])ccc1NC(=O)NC[C@@H](O)c1ccccc1. The zero-order chi connectivity index (χ0) is 16.8. The number of urea groups is 1. The van der Waals surface area contributed by atoms with E-state index in [9.17, 15) is 20.0 Å². The highest BCUT2D eigenvalue weighted by atomic mass is 16.6. The largest absolute Gasteiger partial charge is 0.387 e. The summed E-state index contributed by atoms with van der Waals surface area (Å²) < 4.78 is 0. The van der Waals surface area contributed by atoms with Crippen LogP contribution >= 0.6 is 0 Å². The van der Waals surface area contributed by atoms with Gasteiger partial charge in [-0.25, -0.2) is 4.79 Å². The Morgan fingerprint density at radius 3 is 2.57 bits per heavy atom. The van der Waals surface area contributed by atoms with Gasteiger partial charge in [0.2, 0.25) is 0 Å². The van der Waals surface area contributed by atoms with Crippen molar-refractivity contribution in [2.75, 3.05) is 11.9 Å². The van der Waals surface area contributed by atoms with E-state index in [0.717, 1.165) is 0 Å². The summed E-state index contributed by atoms with van der Waals surface area (Å²) in [5.41, 5.74) is 1.73. The number of rotatable bonds is 5. The summed E-state index contributed by atoms with van der Waals surface area (Å²) in [6.45, 7) is 1.73. The number of nitro benzene ring substituents is 1. The number of nitro groups is 1. The number of aliphatic hydroxyl groups is 1. The fourth-order valence-corrected chi connectivity index (χ4v) is 2.05. The minimum absolute atomic E-state index is 0.0343. The number of carbonyl (C=O) groups is 1. The summed E-state index contributed by atoms with van der Waals surface area (Å²) in [7, 11) is 0. The molecule has 7 nitrogen and oxygen atoms in total. The number of nitrogens with one attached hydrogen (secondary N) is 2. The van der Waals surface area contributed by atoms with Crippen LogP contribution in [-0.2, 0) is 0 Å². The summed E-state index contributed by atoms with van der Waals surface area (Å²) in [6.07, 6.45) is -0.806. The van der Waals surface area contributed by atoms with Crippen molar-refractivity contribution in [2.24, 2.45) is 0 Å². The monoisotopic (exact) mass is 315 g/mol. The third-order valence-corrected chi connectivity index (χ3v) is 3.31. The van der Waals surface area contributed by atoms with Crippen LogP contribution in [0, 0.1) is 17.0 Å². The van der Waals surface area contributed by atoms with Crippen molar-refractivity contribution in [3.63, 3.8) is 0 Å². The van der Waals surface area contributed by atoms with Crippen LogP contribution in [0.25, 0.3) is 0 Å². The van der Waals surface area contributed by atoms with Gasteiger partial charge in [-0.1, -0.05) is 30.3 Å². The molecule has 0 aliphatic heterocycles. The van der Waals surface area contributed by atoms with Crippen molar-refractivity contribution in [1.29, 1.82) is 0 Å². The highest BCUT2D eigenvalue weighted by molar-refractivity contribution is 5.90. The Morgan fingerprint density at radius 1 is 1.26 bits per heavy atom. The molecule has 3 N–H and O–H groups in total. The van der Waals surface area contributed by atoms with Gasteiger partial charge in [-0.2, -0.15) is 0 Å². The Hall–Kier alpha value is -2.93. The van der Waals surface area contributed by atoms with E-state index in [1.54, 1.807) is 31.2 Å². The van der Waals surface area contributed by atoms with Crippen LogP contribution in [-0.4, -0.2) is 22.6 Å². The minimum Gasteiger partial charge on any atom is -0.387 e. The van der Waals surface area contributed by atoms with E-state index in [1.165, 1.54) is 18.2 Å². The van der Waals surface area contributed by atoms with E-state index in [2.05, 4.69) is 10.6 Å². The number of carbonyl (C=O) groups excluding carboxylic acids is 1. The molecule has 0 aromatic heterocycles. The first-order chi connectivity index (χ1) is 11.0. The van der Waals surface area contributed by atoms with Crippen LogP contribution in [0.5, 0.6) is 0 Å². The van der Waals surface area contributed by atoms with Crippen molar-refractivity contribution in [2.45, 2.75) is 13.0 Å². The second-order valence-electron chi connectivity index (χ2n) is 5.02. The molecule has 0 aliphatic carbocycles. The molecule has 0 bridgehead atoms. The van der Waals surface area contributed by atoms with E-state index in [1.807, 2.05) is 6.07 Å². The predicted octanol–water partition coefficient (Wildman–Crippen LogP) is 2.76. The molecule has 7 heteroatoms. The molecule has 23 heavy (non-hydrogen) atoms. The Morgan fingerprint density at radius 2 is 1.96 bits per heavy atom. The number of aryl methyl sites for hydroxylation is 1. The number of nitrogens with zero attached hydrogens (tertiary/aromatic N) is 1. The van der Waals surface area contributed by atoms with Gasteiger partial charge in [-0.05, 0) is 24.1 Å². The van der Waals surface area contributed by atoms with Gasteiger partial charge >= 0.3 is 6.03 Å². The maximum Gasteiger partial charge on any atom is 0.319 e. The smallest absolute Gasteiger partial charge is 0.319 e. The minimum atomic E-state index is -0.806.